The maximum Gasteiger partial charge on any atom is 0.0998 e. The van der Waals surface area contributed by atoms with Gasteiger partial charge in [-0.25, -0.2) is 0 Å². The van der Waals surface area contributed by atoms with Crippen LogP contribution in [-0.2, 0) is 0 Å². The molecule has 0 aliphatic heterocycles. The van der Waals surface area contributed by atoms with Gasteiger partial charge in [0.05, 0.1) is 11.6 Å². The van der Waals surface area contributed by atoms with Crippen molar-refractivity contribution in [2.45, 2.75) is 6.92 Å². The van der Waals surface area contributed by atoms with Gasteiger partial charge in [-0.2, -0.15) is 5.26 Å². The van der Waals surface area contributed by atoms with Crippen LogP contribution in [0.5, 0.6) is 0 Å². The highest BCUT2D eigenvalue weighted by molar-refractivity contribution is 7.26. The topological polar surface area (TPSA) is 23.8 Å². The van der Waals surface area contributed by atoms with Gasteiger partial charge in [0.1, 0.15) is 0 Å². The van der Waals surface area contributed by atoms with Gasteiger partial charge in [-0.05, 0) is 101 Å². The van der Waals surface area contributed by atoms with Gasteiger partial charge >= 0.3 is 0 Å². The summed E-state index contributed by atoms with van der Waals surface area (Å²) in [5, 5.41) is 22.4. The lowest BCUT2D eigenvalue weighted by molar-refractivity contribution is 1.49. The van der Waals surface area contributed by atoms with Crippen molar-refractivity contribution in [2.24, 2.45) is 0 Å². The SMILES string of the molecule is C=C/C=C(C#N)\C(=C/C)c1c2ccccc2c(-c2cccc3c2sc2cc(-c4c5ccccc5c(-c5ccccc5)c5ccccc45)ccc23)c2ccccc12. The van der Waals surface area contributed by atoms with Gasteiger partial charge in [-0.3, -0.25) is 0 Å². The average Bonchev–Trinajstić information content (AvgIpc) is 3.64. The standard InChI is InChI=1S/C54H35NS/c1-3-17-36(33-55)37(4-2)52-43-24-12-14-26-45(43)53(46-27-15-13-25-44(46)52)48-29-16-28-47-38-31-30-35(32-49(38)56-54(47)48)51-41-22-10-8-20-39(41)50(34-18-6-5-7-19-34)40-21-9-11-23-42(40)51/h3-32H,1H2,2H3/b36-17-,37-4+. The molecule has 0 unspecified atom stereocenters. The van der Waals surface area contributed by atoms with Crippen molar-refractivity contribution < 1.29 is 0 Å². The Bertz CT molecular complexity index is 3220. The van der Waals surface area contributed by atoms with Crippen molar-refractivity contribution in [2.75, 3.05) is 0 Å². The normalized spacial score (nSPS) is 12.3. The number of nitriles is 1. The lowest BCUT2D eigenvalue weighted by Gasteiger charge is -2.19. The molecule has 1 heterocycles. The smallest absolute Gasteiger partial charge is 0.0998 e. The Balaban J connectivity index is 1.23. The Morgan fingerprint density at radius 3 is 1.55 bits per heavy atom. The Labute approximate surface area is 330 Å². The predicted octanol–water partition coefficient (Wildman–Crippen LogP) is 15.7. The van der Waals surface area contributed by atoms with Crippen molar-refractivity contribution in [1.29, 1.82) is 5.26 Å². The predicted molar refractivity (Wildman–Crippen MR) is 243 cm³/mol. The maximum atomic E-state index is 10.2. The van der Waals surface area contributed by atoms with Crippen molar-refractivity contribution in [3.8, 4) is 39.4 Å². The molecule has 0 saturated heterocycles. The maximum absolute atomic E-state index is 10.2. The molecule has 0 saturated carbocycles. The third kappa shape index (κ3) is 5.13. The summed E-state index contributed by atoms with van der Waals surface area (Å²) >= 11 is 1.88. The molecular weight excluding hydrogens is 695 g/mol. The van der Waals surface area contributed by atoms with Crippen molar-refractivity contribution >= 4 is 80.2 Å². The second-order valence-electron chi connectivity index (χ2n) is 14.2. The van der Waals surface area contributed by atoms with Crippen molar-refractivity contribution in [3.63, 3.8) is 0 Å². The fraction of sp³-hybridized carbons (Fsp3) is 0.0185. The Morgan fingerprint density at radius 2 is 1.02 bits per heavy atom. The summed E-state index contributed by atoms with van der Waals surface area (Å²) < 4.78 is 2.53. The number of rotatable bonds is 6. The van der Waals surface area contributed by atoms with E-state index in [1.807, 2.05) is 24.3 Å². The third-order valence-corrected chi connectivity index (χ3v) is 12.4. The van der Waals surface area contributed by atoms with E-state index in [-0.39, 0.29) is 0 Å². The largest absolute Gasteiger partial charge is 0.192 e. The minimum Gasteiger partial charge on any atom is -0.192 e. The van der Waals surface area contributed by atoms with E-state index >= 15 is 0 Å². The van der Waals surface area contributed by atoms with Gasteiger partial charge in [0.15, 0.2) is 0 Å². The van der Waals surface area contributed by atoms with E-state index in [0.717, 1.165) is 21.9 Å². The highest BCUT2D eigenvalue weighted by Crippen LogP contribution is 2.49. The fourth-order valence-electron chi connectivity index (χ4n) is 8.95. The Hall–Kier alpha value is -7.05. The zero-order valence-corrected chi connectivity index (χ0v) is 31.7. The fourth-order valence-corrected chi connectivity index (χ4v) is 10.2. The quantitative estimate of drug-likeness (QED) is 0.0950. The molecule has 1 aromatic heterocycles. The minimum absolute atomic E-state index is 0.600. The van der Waals surface area contributed by atoms with Crippen LogP contribution in [0.25, 0.3) is 102 Å². The first kappa shape index (κ1) is 33.5. The van der Waals surface area contributed by atoms with E-state index < -0.39 is 0 Å². The van der Waals surface area contributed by atoms with Crippen LogP contribution >= 0.6 is 11.3 Å². The first-order valence-corrected chi connectivity index (χ1v) is 19.8. The average molecular weight is 730 g/mol. The van der Waals surface area contributed by atoms with Crippen LogP contribution in [0.3, 0.4) is 0 Å². The molecule has 0 aliphatic carbocycles. The van der Waals surface area contributed by atoms with E-state index in [4.69, 9.17) is 0 Å². The lowest BCUT2D eigenvalue weighted by Crippen LogP contribution is -1.95. The number of fused-ring (bicyclic) bond motifs is 7. The van der Waals surface area contributed by atoms with Crippen LogP contribution in [0.15, 0.2) is 194 Å². The summed E-state index contributed by atoms with van der Waals surface area (Å²) in [6.45, 7) is 5.90. The number of nitrogens with zero attached hydrogens (tertiary/aromatic N) is 1. The molecule has 0 N–H and O–H groups in total. The van der Waals surface area contributed by atoms with Crippen LogP contribution in [0, 0.1) is 11.3 Å². The van der Waals surface area contributed by atoms with Crippen LogP contribution < -0.4 is 0 Å². The zero-order chi connectivity index (χ0) is 37.8. The molecule has 2 heteroatoms. The molecule has 0 spiro atoms. The number of benzene rings is 9. The first-order valence-electron chi connectivity index (χ1n) is 19.0. The van der Waals surface area contributed by atoms with Crippen LogP contribution in [0.1, 0.15) is 12.5 Å². The monoisotopic (exact) mass is 729 g/mol. The van der Waals surface area contributed by atoms with E-state index in [0.29, 0.717) is 5.57 Å². The van der Waals surface area contributed by atoms with E-state index in [2.05, 4.69) is 183 Å². The van der Waals surface area contributed by atoms with E-state index in [9.17, 15) is 5.26 Å². The Morgan fingerprint density at radius 1 is 0.518 bits per heavy atom. The van der Waals surface area contributed by atoms with Gasteiger partial charge in [-0.15, -0.1) is 11.3 Å². The Kier molecular flexibility index (Phi) is 8.18. The molecule has 0 amide bonds. The molecule has 0 aliphatic rings. The van der Waals surface area contributed by atoms with Gasteiger partial charge in [-0.1, -0.05) is 176 Å². The molecule has 1 nitrogen and oxygen atoms in total. The molecule has 0 bridgehead atoms. The molecular formula is C54H35NS. The lowest BCUT2D eigenvalue weighted by atomic mass is 9.83. The highest BCUT2D eigenvalue weighted by Gasteiger charge is 2.22. The van der Waals surface area contributed by atoms with Crippen molar-refractivity contribution in [1.82, 2.24) is 0 Å². The molecule has 10 rings (SSSR count). The molecule has 10 aromatic rings. The van der Waals surface area contributed by atoms with Gasteiger partial charge in [0.25, 0.3) is 0 Å². The van der Waals surface area contributed by atoms with Gasteiger partial charge < -0.3 is 0 Å². The molecule has 0 fully saturated rings. The second kappa shape index (κ2) is 13.7. The number of hydrogen-bond donors (Lipinski definition) is 0. The molecule has 262 valence electrons. The van der Waals surface area contributed by atoms with E-state index in [1.54, 1.807) is 6.08 Å². The number of allylic oxidation sites excluding steroid dienone is 5. The second-order valence-corrected chi connectivity index (χ2v) is 15.2. The molecule has 0 radical (unpaired) electrons. The minimum atomic E-state index is 0.600. The summed E-state index contributed by atoms with van der Waals surface area (Å²) in [5.41, 5.74) is 10.0. The summed E-state index contributed by atoms with van der Waals surface area (Å²) in [6.07, 6.45) is 5.56. The summed E-state index contributed by atoms with van der Waals surface area (Å²) in [7, 11) is 0. The molecule has 56 heavy (non-hydrogen) atoms. The molecule has 0 atom stereocenters. The van der Waals surface area contributed by atoms with Crippen LogP contribution in [0.4, 0.5) is 0 Å². The van der Waals surface area contributed by atoms with Crippen molar-refractivity contribution in [3.05, 3.63) is 200 Å². The van der Waals surface area contributed by atoms with Gasteiger partial charge in [0.2, 0.25) is 0 Å². The highest BCUT2D eigenvalue weighted by atomic mass is 32.1. The molecule has 9 aromatic carbocycles. The summed E-state index contributed by atoms with van der Waals surface area (Å²) in [5.74, 6) is 0. The van der Waals surface area contributed by atoms with Gasteiger partial charge in [0, 0.05) is 25.7 Å². The van der Waals surface area contributed by atoms with Crippen LogP contribution in [0.2, 0.25) is 0 Å². The summed E-state index contributed by atoms with van der Waals surface area (Å²) in [6, 6.07) is 62.1. The van der Waals surface area contributed by atoms with Crippen LogP contribution in [-0.4, -0.2) is 0 Å². The summed E-state index contributed by atoms with van der Waals surface area (Å²) in [4.78, 5) is 0. The third-order valence-electron chi connectivity index (χ3n) is 11.2. The number of hydrogen-bond acceptors (Lipinski definition) is 2. The van der Waals surface area contributed by atoms with E-state index in [1.165, 1.54) is 85.9 Å². The zero-order valence-electron chi connectivity index (χ0n) is 30.9. The number of thiophene rings is 1. The first-order chi connectivity index (χ1) is 27.7.